The van der Waals surface area contributed by atoms with Crippen molar-refractivity contribution in [2.75, 3.05) is 64.0 Å². The second kappa shape index (κ2) is 29.3. The summed E-state index contributed by atoms with van der Waals surface area (Å²) < 4.78 is 167. The lowest BCUT2D eigenvalue weighted by molar-refractivity contribution is 0.0238. The van der Waals surface area contributed by atoms with E-state index in [2.05, 4.69) is 0 Å². The number of rotatable bonds is 21. The largest absolute Gasteiger partial charge is 0.663 e. The van der Waals surface area contributed by atoms with Gasteiger partial charge in [0.25, 0.3) is 70.0 Å². The van der Waals surface area contributed by atoms with Gasteiger partial charge in [0.15, 0.2) is 0 Å². The van der Waals surface area contributed by atoms with Crippen LogP contribution >= 0.6 is 0 Å². The Balaban J connectivity index is 2.10. The molecule has 0 spiro atoms. The van der Waals surface area contributed by atoms with Crippen LogP contribution in [0.15, 0.2) is 0 Å². The third kappa shape index (κ3) is 19.3. The van der Waals surface area contributed by atoms with E-state index >= 15 is 0 Å². The van der Waals surface area contributed by atoms with Crippen molar-refractivity contribution in [2.24, 2.45) is 0 Å². The maximum absolute atomic E-state index is 12.3. The highest BCUT2D eigenvalue weighted by Gasteiger charge is 2.59. The maximum Gasteiger partial charge on any atom is 0.663 e. The summed E-state index contributed by atoms with van der Waals surface area (Å²) in [5.41, 5.74) is 0. The normalized spacial score (nSPS) is 34.8. The molecule has 49 heteroatoms. The molecule has 344 valence electrons. The first-order chi connectivity index (χ1) is 27.9. The van der Waals surface area contributed by atoms with E-state index in [9.17, 15) is 9.59 Å². The minimum Gasteiger partial charge on any atom is -0.425 e. The van der Waals surface area contributed by atoms with Gasteiger partial charge in [-0.15, -0.1) is 0 Å². The van der Waals surface area contributed by atoms with Crippen molar-refractivity contribution in [1.29, 1.82) is 0 Å². The SMILES string of the molecule is CO[SiH2]O[SiH2]O[SiH2]O[Si](OC)(OC)O[SiH](O[SiH2]OC)O[Si]1(O)O[SiH]2O[SiH2]O[SiH](OC)O[Si](OC)(OC)O[SiH](OC)O[SiH]3O[SiH](O[SiH2]O[SiH2]O[SiH](O2)O[Si](O)(OC)O3)O1. The fraction of sp³-hybridized carbons (Fsp3) is 1.00. The second-order valence-corrected chi connectivity index (χ2v) is 47.4. The molecule has 0 aliphatic carbocycles. The van der Waals surface area contributed by atoms with Crippen LogP contribution in [-0.4, -0.2) is 247 Å². The van der Waals surface area contributed by atoms with Crippen molar-refractivity contribution in [2.45, 2.75) is 0 Å². The van der Waals surface area contributed by atoms with Gasteiger partial charge in [-0.25, -0.2) is 0 Å². The van der Waals surface area contributed by atoms with Gasteiger partial charge >= 0.3 is 103 Å². The van der Waals surface area contributed by atoms with Crippen molar-refractivity contribution in [1.82, 2.24) is 0 Å². The molecule has 0 saturated carbocycles. The number of fused-ring (bicyclic) bond motifs is 6. The van der Waals surface area contributed by atoms with Crippen LogP contribution in [0.25, 0.3) is 0 Å². The summed E-state index contributed by atoms with van der Waals surface area (Å²) in [6.07, 6.45) is 0. The third-order valence-corrected chi connectivity index (χ3v) is 45.0. The molecular formula is C9H50O31Si18. The molecule has 4 heterocycles. The molecule has 58 heavy (non-hydrogen) atoms. The fourth-order valence-corrected chi connectivity index (χ4v) is 49.3. The van der Waals surface area contributed by atoms with Crippen LogP contribution < -0.4 is 0 Å². The van der Waals surface area contributed by atoms with Gasteiger partial charge in [-0.2, -0.15) is 0 Å². The molecule has 0 aromatic rings. The Bertz CT molecular complexity index is 1090. The Labute approximate surface area is 366 Å². The Morgan fingerprint density at radius 2 is 1.12 bits per heavy atom. The third-order valence-electron chi connectivity index (χ3n) is 6.25. The van der Waals surface area contributed by atoms with E-state index in [4.69, 9.17) is 122 Å². The molecule has 31 nitrogen and oxygen atoms in total. The molecule has 0 aromatic heterocycles. The monoisotopic (exact) mass is 1160 g/mol. The predicted octanol–water partition coefficient (Wildman–Crippen LogP) is -14.1. The molecule has 9 atom stereocenters. The van der Waals surface area contributed by atoms with Crippen LogP contribution in [0, 0.1) is 0 Å². The van der Waals surface area contributed by atoms with E-state index in [1.807, 2.05) is 0 Å². The molecule has 4 aliphatic heterocycles. The highest BCUT2D eigenvalue weighted by Crippen LogP contribution is 2.23. The zero-order valence-electron chi connectivity index (χ0n) is 32.7. The van der Waals surface area contributed by atoms with Crippen LogP contribution in [0.3, 0.4) is 0 Å². The summed E-state index contributed by atoms with van der Waals surface area (Å²) in [4.78, 5) is 23.8. The summed E-state index contributed by atoms with van der Waals surface area (Å²) in [6.45, 7) is 0. The van der Waals surface area contributed by atoms with Gasteiger partial charge in [-0.1, -0.05) is 0 Å². The molecule has 4 rings (SSSR count). The first-order valence-electron chi connectivity index (χ1n) is 16.0. The van der Waals surface area contributed by atoms with Crippen molar-refractivity contribution < 1.29 is 132 Å². The van der Waals surface area contributed by atoms with E-state index in [1.54, 1.807) is 0 Å². The van der Waals surface area contributed by atoms with E-state index in [0.717, 1.165) is 7.11 Å². The first kappa shape index (κ1) is 55.0. The lowest BCUT2D eigenvalue weighted by Gasteiger charge is -2.38. The molecule has 0 aromatic carbocycles. The van der Waals surface area contributed by atoms with Gasteiger partial charge in [0.1, 0.15) is 0 Å². The van der Waals surface area contributed by atoms with Crippen molar-refractivity contribution >= 4 is 173 Å². The molecular weight excluding hydrogens is 1110 g/mol. The van der Waals surface area contributed by atoms with Crippen molar-refractivity contribution in [3.63, 3.8) is 0 Å². The van der Waals surface area contributed by atoms with Crippen LogP contribution in [0.2, 0.25) is 0 Å². The smallest absolute Gasteiger partial charge is 0.425 e. The van der Waals surface area contributed by atoms with E-state index < -0.39 is 173 Å². The van der Waals surface area contributed by atoms with E-state index in [-0.39, 0.29) is 0 Å². The molecule has 4 bridgehead atoms. The summed E-state index contributed by atoms with van der Waals surface area (Å²) >= 11 is 0. The number of hydrogen-bond acceptors (Lipinski definition) is 31. The Hall–Kier alpha value is 2.66. The summed E-state index contributed by atoms with van der Waals surface area (Å²) in [5, 5.41) is 0. The highest BCUT2D eigenvalue weighted by molar-refractivity contribution is 6.79. The highest BCUT2D eigenvalue weighted by atomic mass is 28.6. The van der Waals surface area contributed by atoms with Gasteiger partial charge in [0, 0.05) is 64.0 Å². The van der Waals surface area contributed by atoms with Gasteiger partial charge in [-0.05, 0) is 0 Å². The minimum atomic E-state index is -5.26. The average molecular weight is 1160 g/mol. The average Bonchev–Trinajstić information content (AvgIpc) is 3.20. The zero-order chi connectivity index (χ0) is 42.5. The molecule has 9 unspecified atom stereocenters. The summed E-state index contributed by atoms with van der Waals surface area (Å²) in [6, 6.07) is 0. The van der Waals surface area contributed by atoms with Gasteiger partial charge in [0.05, 0.1) is 0 Å². The molecule has 4 aliphatic rings. The summed E-state index contributed by atoms with van der Waals surface area (Å²) in [7, 11) is -44.6. The standard InChI is InChI=1S/C9H50O31Si18/c1-12-41-21-43-22-46-29-57(17-6,18-7)40-53(24-42-13-2)36-56(11)34-51-26-45-23-44-25-50-31-52(35-56)28-47-27-48(14-3)38-58(19-8,20-9)39-49(15-4)30-54(32-51)37-55(10,16-5)33-50/h10-11,48-54H,41-47H2,1-9H3. The Kier molecular flexibility index (Phi) is 27.8. The maximum atomic E-state index is 12.3. The number of hydrogen-bond donors (Lipinski definition) is 2. The molecule has 2 N–H and O–H groups in total. The fourth-order valence-electron chi connectivity index (χ4n) is 3.68. The molecule has 4 saturated heterocycles. The topological polar surface area (TPSA) is 308 Å². The van der Waals surface area contributed by atoms with E-state index in [0.29, 0.717) is 0 Å². The van der Waals surface area contributed by atoms with Gasteiger partial charge < -0.3 is 132 Å². The Morgan fingerprint density at radius 1 is 0.569 bits per heavy atom. The van der Waals surface area contributed by atoms with Gasteiger partial charge in [-0.3, -0.25) is 0 Å². The van der Waals surface area contributed by atoms with Gasteiger partial charge in [0.2, 0.25) is 0 Å². The lowest BCUT2D eigenvalue weighted by Crippen LogP contribution is -2.65. The van der Waals surface area contributed by atoms with Crippen molar-refractivity contribution in [3.8, 4) is 0 Å². The minimum absolute atomic E-state index is 1.11. The van der Waals surface area contributed by atoms with Crippen molar-refractivity contribution in [3.05, 3.63) is 0 Å². The lowest BCUT2D eigenvalue weighted by atomic mass is 11.8. The van der Waals surface area contributed by atoms with Crippen LogP contribution in [0.5, 0.6) is 0 Å². The van der Waals surface area contributed by atoms with Crippen LogP contribution in [0.1, 0.15) is 0 Å². The predicted molar refractivity (Wildman–Crippen MR) is 222 cm³/mol. The van der Waals surface area contributed by atoms with Crippen LogP contribution in [-0.2, 0) is 122 Å². The quantitative estimate of drug-likeness (QED) is 0.0796. The second-order valence-electron chi connectivity index (χ2n) is 9.90. The van der Waals surface area contributed by atoms with E-state index in [1.165, 1.54) is 56.9 Å². The molecule has 4 fully saturated rings. The van der Waals surface area contributed by atoms with Crippen LogP contribution in [0.4, 0.5) is 0 Å². The first-order valence-corrected chi connectivity index (χ1v) is 40.6. The Morgan fingerprint density at radius 3 is 1.69 bits per heavy atom. The molecule has 0 amide bonds. The summed E-state index contributed by atoms with van der Waals surface area (Å²) in [5.74, 6) is 0. The zero-order valence-corrected chi connectivity index (χ0v) is 54.7. The molecule has 0 radical (unpaired) electrons.